The fourth-order valence-electron chi connectivity index (χ4n) is 2.00. The Labute approximate surface area is 108 Å². The number of ether oxygens (including phenoxy) is 2. The number of anilines is 1. The molecule has 0 amide bonds. The zero-order chi connectivity index (χ0) is 12.8. The lowest BCUT2D eigenvalue weighted by Crippen LogP contribution is -2.41. The maximum Gasteiger partial charge on any atom is 0.129 e. The predicted molar refractivity (Wildman–Crippen MR) is 69.7 cm³/mol. The Bertz CT molecular complexity index is 367. The van der Waals surface area contributed by atoms with Gasteiger partial charge in [0, 0.05) is 24.9 Å². The highest BCUT2D eigenvalue weighted by molar-refractivity contribution is 5.36. The van der Waals surface area contributed by atoms with Gasteiger partial charge in [0.2, 0.25) is 0 Å². The minimum absolute atomic E-state index is 0.366. The van der Waals surface area contributed by atoms with Crippen LogP contribution in [0.4, 0.5) is 5.82 Å². The molecule has 5 heteroatoms. The highest BCUT2D eigenvalue weighted by Gasteiger charge is 2.29. The van der Waals surface area contributed by atoms with Crippen LogP contribution in [-0.2, 0) is 15.9 Å². The van der Waals surface area contributed by atoms with Gasteiger partial charge in [-0.25, -0.2) is 9.97 Å². The molecule has 1 saturated carbocycles. The van der Waals surface area contributed by atoms with E-state index in [1.165, 1.54) is 0 Å². The summed E-state index contributed by atoms with van der Waals surface area (Å²) in [5, 5.41) is 3.41. The first-order chi connectivity index (χ1) is 8.81. The number of nitrogens with one attached hydrogen (secondary N) is 1. The number of methoxy groups -OCH3 is 1. The molecule has 0 atom stereocenters. The van der Waals surface area contributed by atoms with Crippen LogP contribution in [0.1, 0.15) is 25.5 Å². The van der Waals surface area contributed by atoms with Crippen molar-refractivity contribution in [3.63, 3.8) is 0 Å². The SMILES string of the molecule is CCc1cc(NC2CC(OCCOC)C2)ncn1. The molecule has 0 saturated heterocycles. The first-order valence-electron chi connectivity index (χ1n) is 6.49. The summed E-state index contributed by atoms with van der Waals surface area (Å²) in [7, 11) is 1.69. The molecule has 1 aromatic rings. The van der Waals surface area contributed by atoms with Gasteiger partial charge in [-0.3, -0.25) is 0 Å². The second-order valence-electron chi connectivity index (χ2n) is 4.55. The van der Waals surface area contributed by atoms with Gasteiger partial charge in [-0.15, -0.1) is 0 Å². The standard InChI is InChI=1S/C13H21N3O2/c1-3-10-8-13(15-9-14-10)16-11-6-12(7-11)18-5-4-17-2/h8-9,11-12H,3-7H2,1-2H3,(H,14,15,16). The van der Waals surface area contributed by atoms with E-state index >= 15 is 0 Å². The summed E-state index contributed by atoms with van der Waals surface area (Å²) in [6.45, 7) is 3.44. The molecule has 18 heavy (non-hydrogen) atoms. The monoisotopic (exact) mass is 251 g/mol. The van der Waals surface area contributed by atoms with Gasteiger partial charge in [0.05, 0.1) is 19.3 Å². The molecule has 0 aromatic carbocycles. The number of hydrogen-bond donors (Lipinski definition) is 1. The molecule has 0 unspecified atom stereocenters. The summed E-state index contributed by atoms with van der Waals surface area (Å²) in [5.41, 5.74) is 1.07. The van der Waals surface area contributed by atoms with Crippen molar-refractivity contribution in [3.05, 3.63) is 18.1 Å². The molecule has 1 fully saturated rings. The molecule has 1 aromatic heterocycles. The number of aromatic nitrogens is 2. The molecule has 0 bridgehead atoms. The summed E-state index contributed by atoms with van der Waals surface area (Å²) in [6, 6.07) is 2.48. The van der Waals surface area contributed by atoms with Crippen LogP contribution in [-0.4, -0.2) is 42.4 Å². The normalized spacial score (nSPS) is 22.6. The minimum Gasteiger partial charge on any atom is -0.382 e. The van der Waals surface area contributed by atoms with Gasteiger partial charge in [0.15, 0.2) is 0 Å². The molecule has 1 N–H and O–H groups in total. The van der Waals surface area contributed by atoms with Crippen LogP contribution in [0.2, 0.25) is 0 Å². The third-order valence-electron chi connectivity index (χ3n) is 3.17. The van der Waals surface area contributed by atoms with E-state index in [0.29, 0.717) is 25.4 Å². The zero-order valence-corrected chi connectivity index (χ0v) is 11.1. The lowest BCUT2D eigenvalue weighted by atomic mass is 9.89. The summed E-state index contributed by atoms with van der Waals surface area (Å²) >= 11 is 0. The molecular weight excluding hydrogens is 230 g/mol. The maximum absolute atomic E-state index is 5.63. The molecule has 2 rings (SSSR count). The third-order valence-corrected chi connectivity index (χ3v) is 3.17. The van der Waals surface area contributed by atoms with Gasteiger partial charge in [-0.2, -0.15) is 0 Å². The van der Waals surface area contributed by atoms with E-state index in [-0.39, 0.29) is 0 Å². The van der Waals surface area contributed by atoms with Gasteiger partial charge in [-0.1, -0.05) is 6.92 Å². The molecule has 1 aliphatic carbocycles. The smallest absolute Gasteiger partial charge is 0.129 e. The van der Waals surface area contributed by atoms with E-state index in [2.05, 4.69) is 22.2 Å². The average molecular weight is 251 g/mol. The van der Waals surface area contributed by atoms with Crippen molar-refractivity contribution in [1.29, 1.82) is 0 Å². The number of nitrogens with zero attached hydrogens (tertiary/aromatic N) is 2. The fourth-order valence-corrected chi connectivity index (χ4v) is 2.00. The lowest BCUT2D eigenvalue weighted by molar-refractivity contribution is -0.0261. The first kappa shape index (κ1) is 13.2. The topological polar surface area (TPSA) is 56.3 Å². The van der Waals surface area contributed by atoms with Crippen molar-refractivity contribution in [1.82, 2.24) is 9.97 Å². The largest absolute Gasteiger partial charge is 0.382 e. The molecule has 1 heterocycles. The number of aryl methyl sites for hydroxylation is 1. The van der Waals surface area contributed by atoms with Gasteiger partial charge < -0.3 is 14.8 Å². The van der Waals surface area contributed by atoms with Gasteiger partial charge in [-0.05, 0) is 19.3 Å². The van der Waals surface area contributed by atoms with Crippen molar-refractivity contribution >= 4 is 5.82 Å². The molecule has 0 radical (unpaired) electrons. The predicted octanol–water partition coefficient (Wildman–Crippen LogP) is 1.64. The molecule has 0 aliphatic heterocycles. The molecule has 100 valence electrons. The van der Waals surface area contributed by atoms with Crippen LogP contribution in [0.25, 0.3) is 0 Å². The maximum atomic E-state index is 5.63. The van der Waals surface area contributed by atoms with E-state index in [1.807, 2.05) is 6.07 Å². The van der Waals surface area contributed by atoms with Gasteiger partial charge in [0.25, 0.3) is 0 Å². The van der Waals surface area contributed by atoms with Crippen LogP contribution in [0.15, 0.2) is 12.4 Å². The van der Waals surface area contributed by atoms with Gasteiger partial charge >= 0.3 is 0 Å². The van der Waals surface area contributed by atoms with Crippen molar-refractivity contribution in [2.24, 2.45) is 0 Å². The van der Waals surface area contributed by atoms with Crippen molar-refractivity contribution < 1.29 is 9.47 Å². The van der Waals surface area contributed by atoms with Crippen molar-refractivity contribution in [3.8, 4) is 0 Å². The fraction of sp³-hybridized carbons (Fsp3) is 0.692. The number of rotatable bonds is 7. The van der Waals surface area contributed by atoms with Crippen molar-refractivity contribution in [2.75, 3.05) is 25.6 Å². The molecule has 1 aliphatic rings. The van der Waals surface area contributed by atoms with Crippen LogP contribution >= 0.6 is 0 Å². The highest BCUT2D eigenvalue weighted by atomic mass is 16.5. The van der Waals surface area contributed by atoms with E-state index < -0.39 is 0 Å². The summed E-state index contributed by atoms with van der Waals surface area (Å²) < 4.78 is 10.6. The van der Waals surface area contributed by atoms with Crippen molar-refractivity contribution in [2.45, 2.75) is 38.3 Å². The summed E-state index contributed by atoms with van der Waals surface area (Å²) in [4.78, 5) is 8.41. The Kier molecular flexibility index (Phi) is 4.90. The first-order valence-corrected chi connectivity index (χ1v) is 6.49. The number of hydrogen-bond acceptors (Lipinski definition) is 5. The van der Waals surface area contributed by atoms with E-state index in [9.17, 15) is 0 Å². The van der Waals surface area contributed by atoms with Crippen LogP contribution in [0.5, 0.6) is 0 Å². The second kappa shape index (κ2) is 6.66. The van der Waals surface area contributed by atoms with Crippen LogP contribution in [0, 0.1) is 0 Å². The molecular formula is C13H21N3O2. The van der Waals surface area contributed by atoms with E-state index in [1.54, 1.807) is 13.4 Å². The molecule has 5 nitrogen and oxygen atoms in total. The summed E-state index contributed by atoms with van der Waals surface area (Å²) in [6.07, 6.45) is 4.99. The highest BCUT2D eigenvalue weighted by Crippen LogP contribution is 2.26. The van der Waals surface area contributed by atoms with Crippen LogP contribution in [0.3, 0.4) is 0 Å². The Hall–Kier alpha value is -1.20. The zero-order valence-electron chi connectivity index (χ0n) is 11.1. The van der Waals surface area contributed by atoms with Crippen LogP contribution < -0.4 is 5.32 Å². The van der Waals surface area contributed by atoms with E-state index in [4.69, 9.17) is 9.47 Å². The Morgan fingerprint density at radius 1 is 1.33 bits per heavy atom. The Balaban J connectivity index is 1.69. The summed E-state index contributed by atoms with van der Waals surface area (Å²) in [5.74, 6) is 0.919. The average Bonchev–Trinajstić information content (AvgIpc) is 2.36. The Morgan fingerprint density at radius 3 is 2.89 bits per heavy atom. The quantitative estimate of drug-likeness (QED) is 0.747. The second-order valence-corrected chi connectivity index (χ2v) is 4.55. The minimum atomic E-state index is 0.366. The third kappa shape index (κ3) is 3.65. The Morgan fingerprint density at radius 2 is 2.17 bits per heavy atom. The molecule has 0 spiro atoms. The lowest BCUT2D eigenvalue weighted by Gasteiger charge is -2.35. The van der Waals surface area contributed by atoms with E-state index in [0.717, 1.165) is 30.8 Å². The van der Waals surface area contributed by atoms with Gasteiger partial charge in [0.1, 0.15) is 12.1 Å².